The van der Waals surface area contributed by atoms with Gasteiger partial charge in [-0.1, -0.05) is 121 Å². The van der Waals surface area contributed by atoms with Crippen LogP contribution in [0.2, 0.25) is 0 Å². The van der Waals surface area contributed by atoms with Crippen molar-refractivity contribution >= 4 is 43.9 Å². The third-order valence-electron chi connectivity index (χ3n) is 10.6. The molecule has 4 aromatic heterocycles. The van der Waals surface area contributed by atoms with E-state index in [1.54, 1.807) is 18.3 Å². The molecule has 281 valence electrons. The summed E-state index contributed by atoms with van der Waals surface area (Å²) in [6, 6.07) is 52.3. The molecule has 6 aromatic carbocycles. The number of aryl methyl sites for hydroxylation is 2. The minimum Gasteiger partial charge on any atom is -0.501 e. The van der Waals surface area contributed by atoms with Gasteiger partial charge >= 0.3 is 0 Å². The quantitative estimate of drug-likeness (QED) is 0.161. The Morgan fingerprint density at radius 2 is 1.18 bits per heavy atom. The second-order valence-electron chi connectivity index (χ2n) is 14.8. The third-order valence-corrected chi connectivity index (χ3v) is 10.6. The number of furan rings is 2. The molecule has 57 heavy (non-hydrogen) atoms. The zero-order valence-electron chi connectivity index (χ0n) is 31.9. The van der Waals surface area contributed by atoms with Gasteiger partial charge in [-0.15, -0.1) is 36.4 Å². The molecule has 10 aromatic rings. The van der Waals surface area contributed by atoms with Crippen molar-refractivity contribution in [1.82, 2.24) is 9.97 Å². The molecular formula is C51H37FIrN2O2-2. The van der Waals surface area contributed by atoms with Crippen molar-refractivity contribution in [3.05, 3.63) is 192 Å². The number of hydrogen-bond acceptors (Lipinski definition) is 4. The van der Waals surface area contributed by atoms with Crippen molar-refractivity contribution in [2.45, 2.75) is 33.1 Å². The Labute approximate surface area is 344 Å². The van der Waals surface area contributed by atoms with Crippen LogP contribution in [-0.4, -0.2) is 9.97 Å². The topological polar surface area (TPSA) is 52.1 Å². The Morgan fingerprint density at radius 1 is 0.544 bits per heavy atom. The summed E-state index contributed by atoms with van der Waals surface area (Å²) >= 11 is 0. The Hall–Kier alpha value is -6.20. The van der Waals surface area contributed by atoms with Gasteiger partial charge in [0.05, 0.1) is 11.2 Å². The first-order chi connectivity index (χ1) is 27.2. The van der Waals surface area contributed by atoms with Gasteiger partial charge in [-0.3, -0.25) is 0 Å². The number of aromatic nitrogens is 2. The summed E-state index contributed by atoms with van der Waals surface area (Å²) in [4.78, 5) is 9.10. The van der Waals surface area contributed by atoms with Crippen LogP contribution in [0.3, 0.4) is 0 Å². The summed E-state index contributed by atoms with van der Waals surface area (Å²) in [7, 11) is 0. The zero-order chi connectivity index (χ0) is 38.4. The monoisotopic (exact) mass is 921 g/mol. The van der Waals surface area contributed by atoms with E-state index >= 15 is 0 Å². The fraction of sp³-hybridized carbons (Fsp3) is 0.0980. The Morgan fingerprint density at radius 3 is 1.84 bits per heavy atom. The van der Waals surface area contributed by atoms with Gasteiger partial charge in [0.25, 0.3) is 0 Å². The smallest absolute Gasteiger partial charge is 0.123 e. The van der Waals surface area contributed by atoms with E-state index in [9.17, 15) is 4.39 Å². The predicted molar refractivity (Wildman–Crippen MR) is 225 cm³/mol. The summed E-state index contributed by atoms with van der Waals surface area (Å²) in [5.74, 6) is -0.252. The van der Waals surface area contributed by atoms with Crippen LogP contribution in [0.25, 0.3) is 77.5 Å². The van der Waals surface area contributed by atoms with E-state index in [1.165, 1.54) is 28.8 Å². The third kappa shape index (κ3) is 7.19. The van der Waals surface area contributed by atoms with Crippen LogP contribution in [0.1, 0.15) is 36.1 Å². The Balaban J connectivity index is 0.000000177. The van der Waals surface area contributed by atoms with Gasteiger partial charge in [0.2, 0.25) is 0 Å². The number of nitrogens with zero attached hydrogens (tertiary/aromatic N) is 2. The van der Waals surface area contributed by atoms with Crippen LogP contribution < -0.4 is 0 Å². The minimum atomic E-state index is -0.252. The SMILES string of the molecule is CC(C)(c1ccccc1)c1ccc2c(c1)oc1c(-c3cc(-c4ccc(F)cc4)ccn3)[c-]ccc12.Cc1ccc(-c2[c-]ccc3c2oc2cc(C)ccc23)nc1.[Ir]. The summed E-state index contributed by atoms with van der Waals surface area (Å²) in [5, 5.41) is 4.35. The largest absolute Gasteiger partial charge is 0.501 e. The van der Waals surface area contributed by atoms with E-state index in [-0.39, 0.29) is 31.3 Å². The van der Waals surface area contributed by atoms with Gasteiger partial charge in [0.1, 0.15) is 17.0 Å². The number of rotatable bonds is 5. The van der Waals surface area contributed by atoms with E-state index in [4.69, 9.17) is 8.83 Å². The molecule has 0 aliphatic heterocycles. The van der Waals surface area contributed by atoms with E-state index in [0.717, 1.165) is 83.1 Å². The Kier molecular flexibility index (Phi) is 10.2. The molecule has 0 bridgehead atoms. The molecule has 4 heterocycles. The predicted octanol–water partition coefficient (Wildman–Crippen LogP) is 13.6. The van der Waals surface area contributed by atoms with Crippen LogP contribution in [0.4, 0.5) is 4.39 Å². The maximum absolute atomic E-state index is 13.4. The second-order valence-corrected chi connectivity index (χ2v) is 14.8. The molecule has 0 fully saturated rings. The van der Waals surface area contributed by atoms with Crippen molar-refractivity contribution in [2.75, 3.05) is 0 Å². The van der Waals surface area contributed by atoms with Gasteiger partial charge in [0.15, 0.2) is 0 Å². The number of pyridine rings is 2. The number of hydrogen-bond donors (Lipinski definition) is 0. The average Bonchev–Trinajstić information content (AvgIpc) is 3.80. The molecule has 6 heteroatoms. The van der Waals surface area contributed by atoms with Gasteiger partial charge < -0.3 is 18.8 Å². The molecule has 0 aliphatic carbocycles. The molecule has 0 spiro atoms. The van der Waals surface area contributed by atoms with Gasteiger partial charge in [-0.2, -0.15) is 0 Å². The molecular weight excluding hydrogens is 884 g/mol. The van der Waals surface area contributed by atoms with Gasteiger partial charge in [-0.25, -0.2) is 4.39 Å². The average molecular weight is 921 g/mol. The Bertz CT molecular complexity index is 3020. The van der Waals surface area contributed by atoms with Crippen molar-refractivity contribution in [2.24, 2.45) is 0 Å². The zero-order valence-corrected chi connectivity index (χ0v) is 34.3. The van der Waals surface area contributed by atoms with E-state index < -0.39 is 0 Å². The van der Waals surface area contributed by atoms with Crippen molar-refractivity contribution in [1.29, 1.82) is 0 Å². The number of halogens is 1. The maximum atomic E-state index is 13.4. The molecule has 4 nitrogen and oxygen atoms in total. The van der Waals surface area contributed by atoms with Crippen LogP contribution in [0.15, 0.2) is 161 Å². The second kappa shape index (κ2) is 15.4. The van der Waals surface area contributed by atoms with E-state index in [2.05, 4.69) is 110 Å². The molecule has 0 aliphatic rings. The van der Waals surface area contributed by atoms with Crippen molar-refractivity contribution < 1.29 is 33.3 Å². The van der Waals surface area contributed by atoms with Crippen molar-refractivity contribution in [3.63, 3.8) is 0 Å². The first-order valence-electron chi connectivity index (χ1n) is 18.6. The molecule has 0 atom stereocenters. The molecule has 0 amide bonds. The summed E-state index contributed by atoms with van der Waals surface area (Å²) in [5.41, 5.74) is 13.3. The fourth-order valence-corrected chi connectivity index (χ4v) is 7.39. The molecule has 1 radical (unpaired) electrons. The van der Waals surface area contributed by atoms with E-state index in [1.807, 2.05) is 61.7 Å². The van der Waals surface area contributed by atoms with Crippen LogP contribution in [-0.2, 0) is 25.5 Å². The maximum Gasteiger partial charge on any atom is 0.123 e. The first-order valence-corrected chi connectivity index (χ1v) is 18.6. The standard InChI is InChI=1S/C32H23FNO.C19H14NO.Ir/c1-32(2,23-7-4-3-5-8-23)24-13-16-26-27-9-6-10-28(31(27)35-30(26)20-24)29-19-22(17-18-34-29)21-11-14-25(33)15-12-21;1-12-6-8-14-15-4-3-5-16(19(15)21-18(14)10-12)17-9-7-13(2)11-20-17;/h3-9,11-20H,1-2H3;3-4,6-11H,1-2H3;/q2*-1;. The molecule has 0 saturated heterocycles. The molecule has 10 rings (SSSR count). The molecule has 0 N–H and O–H groups in total. The molecule has 0 saturated carbocycles. The van der Waals surface area contributed by atoms with Crippen molar-refractivity contribution in [3.8, 4) is 33.6 Å². The first kappa shape index (κ1) is 37.7. The summed E-state index contributed by atoms with van der Waals surface area (Å²) in [6.07, 6.45) is 3.64. The van der Waals surface area contributed by atoms with Crippen LogP contribution >= 0.6 is 0 Å². The van der Waals surface area contributed by atoms with Gasteiger partial charge in [0, 0.05) is 48.7 Å². The minimum absolute atomic E-state index is 0. The summed E-state index contributed by atoms with van der Waals surface area (Å²) in [6.45, 7) is 8.57. The van der Waals surface area contributed by atoms with Gasteiger partial charge in [-0.05, 0) is 88.9 Å². The number of fused-ring (bicyclic) bond motifs is 6. The van der Waals surface area contributed by atoms with E-state index in [0.29, 0.717) is 0 Å². The normalized spacial score (nSPS) is 11.5. The number of benzene rings is 6. The fourth-order valence-electron chi connectivity index (χ4n) is 7.39. The van der Waals surface area contributed by atoms with Crippen LogP contribution in [0.5, 0.6) is 0 Å². The molecule has 0 unspecified atom stereocenters. The van der Waals surface area contributed by atoms with Crippen LogP contribution in [0, 0.1) is 31.8 Å². The summed E-state index contributed by atoms with van der Waals surface area (Å²) < 4.78 is 25.9.